The van der Waals surface area contributed by atoms with Crippen LogP contribution in [0, 0.1) is 5.92 Å². The third-order valence-electron chi connectivity index (χ3n) is 4.85. The predicted molar refractivity (Wildman–Crippen MR) is 101 cm³/mol. The van der Waals surface area contributed by atoms with E-state index in [4.69, 9.17) is 0 Å². The first-order valence-electron chi connectivity index (χ1n) is 8.80. The van der Waals surface area contributed by atoms with Gasteiger partial charge >= 0.3 is 5.97 Å². The summed E-state index contributed by atoms with van der Waals surface area (Å²) < 4.78 is 28.0. The number of alkyl halides is 2. The predicted octanol–water partition coefficient (Wildman–Crippen LogP) is 5.21. The molecule has 0 saturated carbocycles. The highest BCUT2D eigenvalue weighted by Gasteiger charge is 2.32. The number of halogens is 2. The summed E-state index contributed by atoms with van der Waals surface area (Å²) in [4.78, 5) is 16.1. The third kappa shape index (κ3) is 4.13. The van der Waals surface area contributed by atoms with Gasteiger partial charge in [0.25, 0.3) is 5.92 Å². The molecule has 2 aromatic carbocycles. The van der Waals surface area contributed by atoms with Crippen molar-refractivity contribution in [2.45, 2.75) is 32.6 Å². The number of carbonyl (C=O) groups is 1. The first kappa shape index (κ1) is 19.0. The second-order valence-electron chi connectivity index (χ2n) is 6.88. The summed E-state index contributed by atoms with van der Waals surface area (Å²) in [6.45, 7) is 2.56. The molecule has 1 N–H and O–H groups in total. The van der Waals surface area contributed by atoms with E-state index in [-0.39, 0.29) is 23.5 Å². The van der Waals surface area contributed by atoms with Crippen LogP contribution in [-0.2, 0) is 17.1 Å². The molecule has 1 aliphatic rings. The van der Waals surface area contributed by atoms with Crippen molar-refractivity contribution in [1.29, 1.82) is 0 Å². The van der Waals surface area contributed by atoms with E-state index in [0.29, 0.717) is 17.7 Å². The first-order valence-corrected chi connectivity index (χ1v) is 8.80. The molecule has 0 bridgehead atoms. The number of nitrogens with zero attached hydrogens (tertiary/aromatic N) is 1. The van der Waals surface area contributed by atoms with Crippen molar-refractivity contribution in [3.63, 3.8) is 0 Å². The normalized spacial score (nSPS) is 17.6. The van der Waals surface area contributed by atoms with Crippen molar-refractivity contribution >= 4 is 11.7 Å². The highest BCUT2D eigenvalue weighted by molar-refractivity contribution is 6.05. The average Bonchev–Trinajstić information content (AvgIpc) is 2.63. The van der Waals surface area contributed by atoms with Gasteiger partial charge in [0.15, 0.2) is 0 Å². The van der Waals surface area contributed by atoms with Crippen molar-refractivity contribution in [2.75, 3.05) is 0 Å². The van der Waals surface area contributed by atoms with Crippen molar-refractivity contribution in [2.24, 2.45) is 10.9 Å². The van der Waals surface area contributed by atoms with Gasteiger partial charge in [-0.1, -0.05) is 54.6 Å². The fraction of sp³-hybridized carbons (Fsp3) is 0.273. The summed E-state index contributed by atoms with van der Waals surface area (Å²) >= 11 is 0. The van der Waals surface area contributed by atoms with Crippen LogP contribution in [0.3, 0.4) is 0 Å². The molecule has 0 saturated heterocycles. The van der Waals surface area contributed by atoms with Gasteiger partial charge in [0.05, 0.1) is 11.3 Å². The van der Waals surface area contributed by atoms with Gasteiger partial charge in [-0.05, 0) is 30.9 Å². The van der Waals surface area contributed by atoms with Crippen LogP contribution < -0.4 is 0 Å². The van der Waals surface area contributed by atoms with E-state index >= 15 is 0 Å². The Balaban J connectivity index is 2.04. The molecule has 1 unspecified atom stereocenters. The van der Waals surface area contributed by atoms with Crippen LogP contribution in [-0.4, -0.2) is 16.8 Å². The maximum Gasteiger partial charge on any atom is 0.333 e. The number of aliphatic imine (C=N–C) groups is 1. The van der Waals surface area contributed by atoms with E-state index in [1.807, 2.05) is 30.3 Å². The van der Waals surface area contributed by atoms with Gasteiger partial charge in [-0.2, -0.15) is 0 Å². The second kappa shape index (κ2) is 7.43. The fourth-order valence-electron chi connectivity index (χ4n) is 3.54. The minimum Gasteiger partial charge on any atom is -0.478 e. The Morgan fingerprint density at radius 2 is 1.78 bits per heavy atom. The molecule has 5 heteroatoms. The number of hydrogen-bond donors (Lipinski definition) is 1. The molecule has 0 aliphatic carbocycles. The standard InChI is InChI=1S/C22H21F2NO2/c1-14-18(21(26)27)13-17(20(25-14)15-8-4-3-5-9-15)12-16-10-6-7-11-19(16)22(2,23)24/h3-11,17H,12-13H2,1-2H3,(H,26,27). The molecule has 3 nitrogen and oxygen atoms in total. The Labute approximate surface area is 157 Å². The Hall–Kier alpha value is -2.82. The van der Waals surface area contributed by atoms with Crippen LogP contribution in [0.15, 0.2) is 70.9 Å². The highest BCUT2D eigenvalue weighted by atomic mass is 19.3. The van der Waals surface area contributed by atoms with Gasteiger partial charge in [0.1, 0.15) is 0 Å². The first-order chi connectivity index (χ1) is 12.8. The van der Waals surface area contributed by atoms with Crippen LogP contribution >= 0.6 is 0 Å². The van der Waals surface area contributed by atoms with Gasteiger partial charge < -0.3 is 5.11 Å². The third-order valence-corrected chi connectivity index (χ3v) is 4.85. The molecular weight excluding hydrogens is 348 g/mol. The van der Waals surface area contributed by atoms with Gasteiger partial charge in [-0.15, -0.1) is 0 Å². The fourth-order valence-corrected chi connectivity index (χ4v) is 3.54. The molecular formula is C22H21F2NO2. The topological polar surface area (TPSA) is 49.7 Å². The summed E-state index contributed by atoms with van der Waals surface area (Å²) in [6.07, 6.45) is 0.565. The van der Waals surface area contributed by atoms with Gasteiger partial charge in [-0.25, -0.2) is 13.6 Å². The van der Waals surface area contributed by atoms with E-state index in [2.05, 4.69) is 4.99 Å². The van der Waals surface area contributed by atoms with E-state index in [1.165, 1.54) is 6.07 Å². The molecule has 0 aromatic heterocycles. The maximum absolute atomic E-state index is 14.0. The summed E-state index contributed by atoms with van der Waals surface area (Å²) in [5.74, 6) is -4.26. The van der Waals surface area contributed by atoms with E-state index in [0.717, 1.165) is 18.2 Å². The van der Waals surface area contributed by atoms with Crippen LogP contribution in [0.4, 0.5) is 8.78 Å². The molecule has 2 aromatic rings. The largest absolute Gasteiger partial charge is 0.478 e. The van der Waals surface area contributed by atoms with Gasteiger partial charge in [-0.3, -0.25) is 4.99 Å². The quantitative estimate of drug-likeness (QED) is 0.787. The van der Waals surface area contributed by atoms with Crippen molar-refractivity contribution < 1.29 is 18.7 Å². The zero-order chi connectivity index (χ0) is 19.6. The minimum absolute atomic E-state index is 0.0273. The van der Waals surface area contributed by atoms with E-state index < -0.39 is 11.9 Å². The lowest BCUT2D eigenvalue weighted by Crippen LogP contribution is -2.26. The molecule has 3 rings (SSSR count). The van der Waals surface area contributed by atoms with Crippen LogP contribution in [0.25, 0.3) is 0 Å². The number of allylic oxidation sites excluding steroid dienone is 1. The lowest BCUT2D eigenvalue weighted by atomic mass is 9.81. The monoisotopic (exact) mass is 369 g/mol. The highest BCUT2D eigenvalue weighted by Crippen LogP contribution is 2.35. The zero-order valence-corrected chi connectivity index (χ0v) is 15.2. The van der Waals surface area contributed by atoms with Crippen LogP contribution in [0.5, 0.6) is 0 Å². The molecule has 0 spiro atoms. The molecule has 1 aliphatic heterocycles. The summed E-state index contributed by atoms with van der Waals surface area (Å²) in [6, 6.07) is 15.9. The van der Waals surface area contributed by atoms with Crippen molar-refractivity contribution in [1.82, 2.24) is 0 Å². The number of carboxylic acid groups (broad SMARTS) is 1. The molecule has 1 atom stereocenters. The Bertz CT molecular complexity index is 911. The van der Waals surface area contributed by atoms with Crippen LogP contribution in [0.2, 0.25) is 0 Å². The van der Waals surface area contributed by atoms with Crippen molar-refractivity contribution in [3.05, 3.63) is 82.6 Å². The van der Waals surface area contributed by atoms with Crippen LogP contribution in [0.1, 0.15) is 37.0 Å². The molecule has 0 radical (unpaired) electrons. The number of carboxylic acids is 1. The summed E-state index contributed by atoms with van der Waals surface area (Å²) in [5, 5.41) is 9.49. The SMILES string of the molecule is CC1=C(C(=O)O)CC(Cc2ccccc2C(C)(F)F)C(c2ccccc2)=N1. The molecule has 140 valence electrons. The number of hydrogen-bond acceptors (Lipinski definition) is 2. The number of aliphatic carboxylic acids is 1. The summed E-state index contributed by atoms with van der Waals surface area (Å²) in [5.41, 5.74) is 2.81. The number of rotatable bonds is 5. The van der Waals surface area contributed by atoms with Gasteiger partial charge in [0.2, 0.25) is 0 Å². The maximum atomic E-state index is 14.0. The van der Waals surface area contributed by atoms with E-state index in [9.17, 15) is 18.7 Å². The summed E-state index contributed by atoms with van der Waals surface area (Å²) in [7, 11) is 0. The zero-order valence-electron chi connectivity index (χ0n) is 15.2. The molecule has 0 fully saturated rings. The molecule has 27 heavy (non-hydrogen) atoms. The Morgan fingerprint density at radius 1 is 1.15 bits per heavy atom. The lowest BCUT2D eigenvalue weighted by molar-refractivity contribution is -0.133. The molecule has 1 heterocycles. The Morgan fingerprint density at radius 3 is 2.41 bits per heavy atom. The second-order valence-corrected chi connectivity index (χ2v) is 6.88. The Kier molecular flexibility index (Phi) is 5.22. The lowest BCUT2D eigenvalue weighted by Gasteiger charge is -2.26. The number of benzene rings is 2. The van der Waals surface area contributed by atoms with Crippen molar-refractivity contribution in [3.8, 4) is 0 Å². The average molecular weight is 369 g/mol. The molecule has 0 amide bonds. The van der Waals surface area contributed by atoms with Gasteiger partial charge in [0, 0.05) is 24.1 Å². The minimum atomic E-state index is -2.96. The van der Waals surface area contributed by atoms with E-state index in [1.54, 1.807) is 25.1 Å². The smallest absolute Gasteiger partial charge is 0.333 e.